The van der Waals surface area contributed by atoms with E-state index in [2.05, 4.69) is 10.3 Å². The molecule has 0 aliphatic heterocycles. The van der Waals surface area contributed by atoms with Crippen molar-refractivity contribution in [3.63, 3.8) is 0 Å². The summed E-state index contributed by atoms with van der Waals surface area (Å²) in [5.74, 6) is -1.69. The molecule has 10 heteroatoms. The number of esters is 1. The highest BCUT2D eigenvalue weighted by atomic mass is 32.2. The zero-order valence-corrected chi connectivity index (χ0v) is 17.2. The average Bonchev–Trinajstić information content (AvgIpc) is 3.54. The summed E-state index contributed by atoms with van der Waals surface area (Å²) < 4.78 is 45.0. The number of nitrogens with one attached hydrogen (secondary N) is 1. The quantitative estimate of drug-likeness (QED) is 0.509. The molecule has 1 heterocycles. The number of nitrogens with zero attached hydrogens (tertiary/aromatic N) is 2. The number of carbonyl (C=O) groups excluding carboxylic acids is 2. The predicted molar refractivity (Wildman–Crippen MR) is 106 cm³/mol. The number of benzene rings is 1. The van der Waals surface area contributed by atoms with Crippen molar-refractivity contribution < 1.29 is 27.5 Å². The van der Waals surface area contributed by atoms with Gasteiger partial charge in [0, 0.05) is 17.3 Å². The van der Waals surface area contributed by atoms with Crippen LogP contribution in [-0.2, 0) is 20.5 Å². The maximum atomic E-state index is 13.2. The van der Waals surface area contributed by atoms with Gasteiger partial charge in [0.05, 0.1) is 16.9 Å². The first kappa shape index (κ1) is 22.6. The molecule has 1 amide bonds. The van der Waals surface area contributed by atoms with Gasteiger partial charge in [-0.05, 0) is 25.8 Å². The van der Waals surface area contributed by atoms with Gasteiger partial charge in [-0.3, -0.25) is 9.59 Å². The number of carbonyl (C=O) groups is 2. The van der Waals surface area contributed by atoms with E-state index in [1.165, 1.54) is 13.0 Å². The Morgan fingerprint density at radius 3 is 2.58 bits per heavy atom. The number of pyridine rings is 1. The Bertz CT molecular complexity index is 1020. The maximum Gasteiger partial charge on any atom is 0.417 e. The molecule has 0 saturated heterocycles. The molecule has 31 heavy (non-hydrogen) atoms. The average molecular weight is 449 g/mol. The van der Waals surface area contributed by atoms with Crippen LogP contribution in [0.4, 0.5) is 13.2 Å². The Hall–Kier alpha value is -3.06. The molecule has 1 N–H and O–H groups in total. The van der Waals surface area contributed by atoms with Crippen LogP contribution in [0.5, 0.6) is 0 Å². The minimum Gasteiger partial charge on any atom is -0.447 e. The van der Waals surface area contributed by atoms with Gasteiger partial charge in [0.1, 0.15) is 11.1 Å². The fourth-order valence-corrected chi connectivity index (χ4v) is 3.61. The van der Waals surface area contributed by atoms with Gasteiger partial charge in [-0.2, -0.15) is 18.4 Å². The van der Waals surface area contributed by atoms with Crippen molar-refractivity contribution in [1.29, 1.82) is 5.26 Å². The number of alkyl halides is 3. The summed E-state index contributed by atoms with van der Waals surface area (Å²) >= 11 is 0.659. The lowest BCUT2D eigenvalue weighted by Crippen LogP contribution is -2.33. The molecule has 0 spiro atoms. The highest BCUT2D eigenvalue weighted by Crippen LogP contribution is 2.36. The van der Waals surface area contributed by atoms with Crippen LogP contribution in [0.3, 0.4) is 0 Å². The van der Waals surface area contributed by atoms with Crippen molar-refractivity contribution in [3.8, 4) is 6.07 Å². The van der Waals surface area contributed by atoms with Crippen molar-refractivity contribution in [1.82, 2.24) is 10.3 Å². The van der Waals surface area contributed by atoms with Crippen molar-refractivity contribution in [3.05, 3.63) is 58.8 Å². The molecule has 1 aromatic carbocycles. The van der Waals surface area contributed by atoms with Gasteiger partial charge in [0.2, 0.25) is 6.10 Å². The number of nitriles is 1. The molecular formula is C21H18F3N3O3S. The van der Waals surface area contributed by atoms with E-state index >= 15 is 0 Å². The minimum absolute atomic E-state index is 0.0576. The number of aromatic nitrogens is 1. The Morgan fingerprint density at radius 2 is 2.00 bits per heavy atom. The molecule has 1 aliphatic carbocycles. The number of hydrogen-bond acceptors (Lipinski definition) is 6. The highest BCUT2D eigenvalue weighted by molar-refractivity contribution is 7.99. The van der Waals surface area contributed by atoms with Crippen molar-refractivity contribution >= 4 is 23.6 Å². The van der Waals surface area contributed by atoms with Gasteiger partial charge in [-0.25, -0.2) is 4.98 Å². The van der Waals surface area contributed by atoms with Crippen molar-refractivity contribution in [2.24, 2.45) is 0 Å². The Morgan fingerprint density at radius 1 is 1.32 bits per heavy atom. The van der Waals surface area contributed by atoms with Crippen molar-refractivity contribution in [2.45, 2.75) is 43.1 Å². The number of hydrogen-bond donors (Lipinski definition) is 1. The Kier molecular flexibility index (Phi) is 6.85. The molecular weight excluding hydrogens is 431 g/mol. The first-order valence-electron chi connectivity index (χ1n) is 9.35. The van der Waals surface area contributed by atoms with Crippen LogP contribution in [0, 0.1) is 18.3 Å². The second-order valence-electron chi connectivity index (χ2n) is 6.95. The van der Waals surface area contributed by atoms with E-state index in [-0.39, 0.29) is 16.8 Å². The molecule has 0 unspecified atom stereocenters. The first-order chi connectivity index (χ1) is 14.7. The summed E-state index contributed by atoms with van der Waals surface area (Å²) in [5, 5.41) is 11.8. The smallest absolute Gasteiger partial charge is 0.417 e. The summed E-state index contributed by atoms with van der Waals surface area (Å²) in [6, 6.07) is 10.8. The zero-order valence-electron chi connectivity index (χ0n) is 16.4. The van der Waals surface area contributed by atoms with Gasteiger partial charge < -0.3 is 10.1 Å². The van der Waals surface area contributed by atoms with Gasteiger partial charge in [-0.1, -0.05) is 42.1 Å². The largest absolute Gasteiger partial charge is 0.447 e. The third-order valence-corrected chi connectivity index (χ3v) is 5.32. The number of aryl methyl sites for hydroxylation is 1. The van der Waals surface area contributed by atoms with Crippen molar-refractivity contribution in [2.75, 3.05) is 5.75 Å². The standard InChI is InChI=1S/C21H18F3N3O3S/c1-12-9-16(21(22,23)24)15(10-25)20(26-12)31-11-17(28)30-18(13-5-3-2-4-6-13)19(29)27-14-7-8-14/h2-6,9,14,18H,7-8,11H2,1H3,(H,27,29)/t18-/m0/s1. The van der Waals surface area contributed by atoms with Crippen LogP contribution >= 0.6 is 11.8 Å². The zero-order chi connectivity index (χ0) is 22.6. The van der Waals surface area contributed by atoms with Gasteiger partial charge in [0.15, 0.2) is 0 Å². The molecule has 2 aromatic rings. The Balaban J connectivity index is 1.74. The van der Waals surface area contributed by atoms with E-state index in [0.29, 0.717) is 17.3 Å². The molecule has 162 valence electrons. The second-order valence-corrected chi connectivity index (χ2v) is 7.92. The molecule has 1 fully saturated rings. The normalized spacial score (nSPS) is 14.4. The highest BCUT2D eigenvalue weighted by Gasteiger charge is 2.36. The predicted octanol–water partition coefficient (Wildman–Crippen LogP) is 3.94. The third-order valence-electron chi connectivity index (χ3n) is 4.37. The van der Waals surface area contributed by atoms with E-state index in [9.17, 15) is 28.0 Å². The van der Waals surface area contributed by atoms with Gasteiger partial charge >= 0.3 is 12.1 Å². The number of ether oxygens (including phenoxy) is 1. The van der Waals surface area contributed by atoms with Crippen LogP contribution in [0.1, 0.15) is 41.3 Å². The third kappa shape index (κ3) is 5.98. The molecule has 6 nitrogen and oxygen atoms in total. The van der Waals surface area contributed by atoms with Crippen LogP contribution in [0.15, 0.2) is 41.4 Å². The lowest BCUT2D eigenvalue weighted by atomic mass is 10.1. The minimum atomic E-state index is -4.73. The van der Waals surface area contributed by atoms with E-state index < -0.39 is 41.0 Å². The van der Waals surface area contributed by atoms with Crippen LogP contribution in [-0.4, -0.2) is 28.7 Å². The molecule has 1 aromatic heterocycles. The summed E-state index contributed by atoms with van der Waals surface area (Å²) in [6.45, 7) is 1.37. The summed E-state index contributed by atoms with van der Waals surface area (Å²) in [5.41, 5.74) is -1.22. The van der Waals surface area contributed by atoms with E-state index in [4.69, 9.17) is 4.74 Å². The molecule has 1 aliphatic rings. The molecule has 3 rings (SSSR count). The van der Waals surface area contributed by atoms with Gasteiger partial charge in [0.25, 0.3) is 5.91 Å². The maximum absolute atomic E-state index is 13.2. The summed E-state index contributed by atoms with van der Waals surface area (Å²) in [4.78, 5) is 28.9. The summed E-state index contributed by atoms with van der Waals surface area (Å²) in [7, 11) is 0. The number of amides is 1. The van der Waals surface area contributed by atoms with Crippen LogP contribution in [0.25, 0.3) is 0 Å². The number of rotatable bonds is 7. The lowest BCUT2D eigenvalue weighted by molar-refractivity contribution is -0.154. The second kappa shape index (κ2) is 9.39. The number of halogens is 3. The fraction of sp³-hybridized carbons (Fsp3) is 0.333. The summed E-state index contributed by atoms with van der Waals surface area (Å²) in [6.07, 6.45) is -4.20. The van der Waals surface area contributed by atoms with E-state index in [1.54, 1.807) is 30.3 Å². The molecule has 0 bridgehead atoms. The first-order valence-corrected chi connectivity index (χ1v) is 10.3. The van der Waals surface area contributed by atoms with E-state index in [1.807, 2.05) is 0 Å². The van der Waals surface area contributed by atoms with Gasteiger partial charge in [-0.15, -0.1) is 0 Å². The Labute approximate surface area is 180 Å². The molecule has 1 saturated carbocycles. The molecule has 1 atom stereocenters. The monoisotopic (exact) mass is 449 g/mol. The SMILES string of the molecule is Cc1cc(C(F)(F)F)c(C#N)c(SCC(=O)O[C@H](C(=O)NC2CC2)c2ccccc2)n1. The fourth-order valence-electron chi connectivity index (χ4n) is 2.78. The molecule has 0 radical (unpaired) electrons. The number of thioether (sulfide) groups is 1. The van der Waals surface area contributed by atoms with Crippen LogP contribution < -0.4 is 5.32 Å². The topological polar surface area (TPSA) is 92.1 Å². The lowest BCUT2D eigenvalue weighted by Gasteiger charge is -2.18. The van der Waals surface area contributed by atoms with Crippen LogP contribution in [0.2, 0.25) is 0 Å². The van der Waals surface area contributed by atoms with E-state index in [0.717, 1.165) is 18.9 Å².